The van der Waals surface area contributed by atoms with Crippen LogP contribution in [0.5, 0.6) is 0 Å². The molecule has 0 spiro atoms. The molecule has 6 rings (SSSR count). The Balaban J connectivity index is 1.15. The van der Waals surface area contributed by atoms with Gasteiger partial charge >= 0.3 is 0 Å². The molecule has 3 aliphatic rings. The van der Waals surface area contributed by atoms with E-state index in [0.29, 0.717) is 34.9 Å². The molecule has 2 aliphatic heterocycles. The number of carbonyl (C=O) groups excluding carboxylic acids is 2. The lowest BCUT2D eigenvalue weighted by Crippen LogP contribution is -2.45. The van der Waals surface area contributed by atoms with E-state index >= 15 is 0 Å². The van der Waals surface area contributed by atoms with Crippen molar-refractivity contribution < 1.29 is 14.0 Å². The fraction of sp³-hybridized carbons (Fsp3) is 0.423. The second-order valence-electron chi connectivity index (χ2n) is 9.77. The third kappa shape index (κ3) is 3.81. The number of piperidine rings is 1. The van der Waals surface area contributed by atoms with E-state index in [2.05, 4.69) is 39.3 Å². The average Bonchev–Trinajstić information content (AvgIpc) is 3.33. The quantitative estimate of drug-likeness (QED) is 0.646. The number of amides is 2. The summed E-state index contributed by atoms with van der Waals surface area (Å²) in [7, 11) is 2.14. The van der Waals surface area contributed by atoms with Gasteiger partial charge in [0.25, 0.3) is 5.91 Å². The normalized spacial score (nSPS) is 24.4. The van der Waals surface area contributed by atoms with Crippen LogP contribution >= 0.6 is 0 Å². The predicted octanol–water partition coefficient (Wildman–Crippen LogP) is 3.13. The molecule has 8 nitrogen and oxygen atoms in total. The first kappa shape index (κ1) is 21.2. The van der Waals surface area contributed by atoms with Crippen LogP contribution in [0.1, 0.15) is 29.1 Å². The number of anilines is 2. The van der Waals surface area contributed by atoms with Crippen LogP contribution in [0.2, 0.25) is 0 Å². The van der Waals surface area contributed by atoms with Crippen molar-refractivity contribution in [2.24, 2.45) is 5.92 Å². The molecule has 0 radical (unpaired) electrons. The molecule has 1 saturated carbocycles. The average molecular weight is 460 g/mol. The molecule has 8 heteroatoms. The number of oxazole rings is 1. The summed E-state index contributed by atoms with van der Waals surface area (Å²) in [5.74, 6) is 0.751. The van der Waals surface area contributed by atoms with E-state index in [0.717, 1.165) is 38.3 Å². The summed E-state index contributed by atoms with van der Waals surface area (Å²) >= 11 is 0. The van der Waals surface area contributed by atoms with Crippen molar-refractivity contribution >= 4 is 34.3 Å². The van der Waals surface area contributed by atoms with Crippen LogP contribution in [0.25, 0.3) is 11.1 Å². The van der Waals surface area contributed by atoms with Gasteiger partial charge in [0.2, 0.25) is 5.91 Å². The Bertz CT molecular complexity index is 1250. The molecule has 1 aromatic heterocycles. The van der Waals surface area contributed by atoms with E-state index < -0.39 is 6.04 Å². The Morgan fingerprint density at radius 1 is 1.03 bits per heavy atom. The smallest absolute Gasteiger partial charge is 0.254 e. The summed E-state index contributed by atoms with van der Waals surface area (Å²) in [6.45, 7) is 5.90. The van der Waals surface area contributed by atoms with Gasteiger partial charge in [-0.1, -0.05) is 0 Å². The van der Waals surface area contributed by atoms with Crippen LogP contribution in [0.15, 0.2) is 46.9 Å². The largest absolute Gasteiger partial charge is 0.441 e. The summed E-state index contributed by atoms with van der Waals surface area (Å²) in [4.78, 5) is 37.5. The van der Waals surface area contributed by atoms with E-state index in [1.807, 2.05) is 12.1 Å². The molecule has 2 saturated heterocycles. The zero-order valence-corrected chi connectivity index (χ0v) is 19.5. The van der Waals surface area contributed by atoms with Gasteiger partial charge in [-0.25, -0.2) is 4.98 Å². The minimum absolute atomic E-state index is 0.113. The molecule has 1 aliphatic carbocycles. The second-order valence-corrected chi connectivity index (χ2v) is 9.77. The zero-order valence-electron chi connectivity index (χ0n) is 19.5. The van der Waals surface area contributed by atoms with E-state index in [1.54, 1.807) is 30.0 Å². The number of nitrogens with zero attached hydrogens (tertiary/aromatic N) is 4. The maximum Gasteiger partial charge on any atom is 0.254 e. The maximum absolute atomic E-state index is 13.4. The Morgan fingerprint density at radius 2 is 1.79 bits per heavy atom. The van der Waals surface area contributed by atoms with Crippen LogP contribution in [0.4, 0.5) is 11.4 Å². The van der Waals surface area contributed by atoms with E-state index in [1.165, 1.54) is 5.69 Å². The number of piperazine rings is 1. The van der Waals surface area contributed by atoms with Gasteiger partial charge in [0.05, 0.1) is 0 Å². The minimum atomic E-state index is -0.455. The molecule has 2 amide bonds. The Labute approximate surface area is 198 Å². The summed E-state index contributed by atoms with van der Waals surface area (Å²) in [5, 5.41) is 3.04. The molecule has 34 heavy (non-hydrogen) atoms. The van der Waals surface area contributed by atoms with Gasteiger partial charge in [0.1, 0.15) is 11.6 Å². The van der Waals surface area contributed by atoms with Crippen molar-refractivity contribution in [1.29, 1.82) is 0 Å². The Hall–Kier alpha value is -3.39. The van der Waals surface area contributed by atoms with Crippen LogP contribution in [0, 0.1) is 12.8 Å². The molecule has 2 aromatic carbocycles. The molecule has 3 fully saturated rings. The number of likely N-dealkylation sites (N-methyl/N-ethyl adjacent to an activating group) is 1. The molecule has 0 bridgehead atoms. The number of benzene rings is 2. The molecule has 3 aromatic rings. The van der Waals surface area contributed by atoms with Gasteiger partial charge in [-0.15, -0.1) is 0 Å². The highest BCUT2D eigenvalue weighted by molar-refractivity contribution is 6.03. The molecule has 3 heterocycles. The molecule has 0 unspecified atom stereocenters. The van der Waals surface area contributed by atoms with Crippen molar-refractivity contribution in [2.45, 2.75) is 31.8 Å². The van der Waals surface area contributed by atoms with Gasteiger partial charge in [-0.2, -0.15) is 0 Å². The van der Waals surface area contributed by atoms with Gasteiger partial charge in [0, 0.05) is 56.1 Å². The van der Waals surface area contributed by atoms with Crippen molar-refractivity contribution in [3.63, 3.8) is 0 Å². The number of rotatable bonds is 4. The number of hydrogen-bond acceptors (Lipinski definition) is 6. The predicted molar refractivity (Wildman–Crippen MR) is 130 cm³/mol. The van der Waals surface area contributed by atoms with Crippen molar-refractivity contribution in [1.82, 2.24) is 14.8 Å². The van der Waals surface area contributed by atoms with Gasteiger partial charge in [-0.05, 0) is 68.3 Å². The molecule has 176 valence electrons. The van der Waals surface area contributed by atoms with E-state index in [9.17, 15) is 9.59 Å². The van der Waals surface area contributed by atoms with Crippen LogP contribution in [0.3, 0.4) is 0 Å². The fourth-order valence-corrected chi connectivity index (χ4v) is 5.35. The number of carbonyl (C=O) groups is 2. The summed E-state index contributed by atoms with van der Waals surface area (Å²) < 4.78 is 5.53. The lowest BCUT2D eigenvalue weighted by Gasteiger charge is -2.34. The number of aromatic nitrogens is 1. The standard InChI is InChI=1S/C26H29N5O3/c1-16-27-21-13-17(3-8-24(21)34-16)26(33)31-22-14-18(22)15-23(31)25(32)28-19-4-6-20(7-5-19)30-11-9-29(2)10-12-30/h3-8,13,18,22-23H,9-12,14-15H2,1-2H3,(H,28,32)/t18-,22-,23+/m0/s1. The minimum Gasteiger partial charge on any atom is -0.441 e. The fourth-order valence-electron chi connectivity index (χ4n) is 5.35. The number of likely N-dealkylation sites (tertiary alicyclic amines) is 1. The SMILES string of the molecule is Cc1nc2cc(C(=O)N3[C@@H](C(=O)Nc4ccc(N5CCN(C)CC5)cc4)C[C@@H]4C[C@@H]43)ccc2o1. The maximum atomic E-state index is 13.4. The third-order valence-corrected chi connectivity index (χ3v) is 7.39. The van der Waals surface area contributed by atoms with E-state index in [-0.39, 0.29) is 17.9 Å². The number of fused-ring (bicyclic) bond motifs is 2. The van der Waals surface area contributed by atoms with Crippen LogP contribution in [-0.2, 0) is 4.79 Å². The van der Waals surface area contributed by atoms with Crippen LogP contribution < -0.4 is 10.2 Å². The van der Waals surface area contributed by atoms with Gasteiger partial charge < -0.3 is 24.4 Å². The van der Waals surface area contributed by atoms with Gasteiger partial charge in [0.15, 0.2) is 11.5 Å². The Morgan fingerprint density at radius 3 is 2.56 bits per heavy atom. The molecular weight excluding hydrogens is 430 g/mol. The van der Waals surface area contributed by atoms with Crippen molar-refractivity contribution in [2.75, 3.05) is 43.4 Å². The first-order valence-electron chi connectivity index (χ1n) is 12.0. The van der Waals surface area contributed by atoms with Crippen molar-refractivity contribution in [3.05, 3.63) is 53.9 Å². The second kappa shape index (κ2) is 8.13. The summed E-state index contributed by atoms with van der Waals surface area (Å²) in [6, 6.07) is 13.0. The zero-order chi connectivity index (χ0) is 23.4. The summed E-state index contributed by atoms with van der Waals surface area (Å²) in [6.07, 6.45) is 1.69. The van der Waals surface area contributed by atoms with E-state index in [4.69, 9.17) is 4.42 Å². The first-order valence-corrected chi connectivity index (χ1v) is 12.0. The monoisotopic (exact) mass is 459 g/mol. The number of nitrogens with one attached hydrogen (secondary N) is 1. The topological polar surface area (TPSA) is 81.9 Å². The number of hydrogen-bond donors (Lipinski definition) is 1. The highest BCUT2D eigenvalue weighted by Crippen LogP contribution is 2.48. The lowest BCUT2D eigenvalue weighted by molar-refractivity contribution is -0.120. The van der Waals surface area contributed by atoms with Gasteiger partial charge in [-0.3, -0.25) is 9.59 Å². The molecule has 1 N–H and O–H groups in total. The highest BCUT2D eigenvalue weighted by atomic mass is 16.3. The third-order valence-electron chi connectivity index (χ3n) is 7.39. The van der Waals surface area contributed by atoms with Crippen molar-refractivity contribution in [3.8, 4) is 0 Å². The summed E-state index contributed by atoms with van der Waals surface area (Å²) in [5.41, 5.74) is 3.80. The number of aryl methyl sites for hydroxylation is 1. The first-order chi connectivity index (χ1) is 16.5. The molecular formula is C26H29N5O3. The molecule has 3 atom stereocenters. The highest BCUT2D eigenvalue weighted by Gasteiger charge is 2.56. The van der Waals surface area contributed by atoms with Crippen LogP contribution in [-0.4, -0.2) is 71.9 Å². The Kier molecular flexibility index (Phi) is 5.06. The lowest BCUT2D eigenvalue weighted by atomic mass is 10.1.